The van der Waals surface area contributed by atoms with Crippen LogP contribution in [0.4, 0.5) is 5.69 Å². The van der Waals surface area contributed by atoms with Crippen LogP contribution in [-0.2, 0) is 11.2 Å². The quantitative estimate of drug-likeness (QED) is 0.697. The number of rotatable bonds is 8. The predicted molar refractivity (Wildman–Crippen MR) is 107 cm³/mol. The van der Waals surface area contributed by atoms with Crippen molar-refractivity contribution < 1.29 is 9.90 Å². The van der Waals surface area contributed by atoms with Crippen LogP contribution in [0.1, 0.15) is 36.6 Å². The number of anilines is 1. The van der Waals surface area contributed by atoms with Crippen LogP contribution in [0.15, 0.2) is 48.8 Å². The fourth-order valence-corrected chi connectivity index (χ4v) is 3.51. The molecule has 2 aromatic rings. The predicted octanol–water partition coefficient (Wildman–Crippen LogP) is 2.66. The number of pyridine rings is 1. The van der Waals surface area contributed by atoms with Crippen molar-refractivity contribution in [1.82, 2.24) is 9.88 Å². The van der Waals surface area contributed by atoms with E-state index >= 15 is 0 Å². The molecule has 0 amide bonds. The maximum absolute atomic E-state index is 10.6. The molecule has 3 N–H and O–H groups in total. The molecule has 2 heterocycles. The fourth-order valence-electron chi connectivity index (χ4n) is 3.51. The lowest BCUT2D eigenvalue weighted by atomic mass is 10.0. The molecule has 1 fully saturated rings. The average Bonchev–Trinajstić information content (AvgIpc) is 2.72. The van der Waals surface area contributed by atoms with Gasteiger partial charge in [0.05, 0.1) is 6.17 Å². The second-order valence-electron chi connectivity index (χ2n) is 7.02. The summed E-state index contributed by atoms with van der Waals surface area (Å²) >= 11 is 0. The Bertz CT molecular complexity index is 713. The third-order valence-corrected chi connectivity index (χ3v) is 5.16. The van der Waals surface area contributed by atoms with E-state index in [0.29, 0.717) is 0 Å². The second-order valence-corrected chi connectivity index (χ2v) is 7.02. The van der Waals surface area contributed by atoms with Crippen molar-refractivity contribution >= 4 is 11.7 Å². The van der Waals surface area contributed by atoms with Gasteiger partial charge in [0, 0.05) is 50.7 Å². The molecule has 1 aliphatic heterocycles. The highest BCUT2D eigenvalue weighted by molar-refractivity contribution is 5.66. The number of aryl methyl sites for hydroxylation is 1. The molecule has 6 heteroatoms. The van der Waals surface area contributed by atoms with E-state index in [1.807, 2.05) is 24.5 Å². The molecule has 1 aromatic heterocycles. The van der Waals surface area contributed by atoms with Gasteiger partial charge in [0.25, 0.3) is 0 Å². The van der Waals surface area contributed by atoms with Crippen molar-refractivity contribution in [3.8, 4) is 0 Å². The number of aromatic nitrogens is 1. The highest BCUT2D eigenvalue weighted by Crippen LogP contribution is 2.21. The molecule has 3 rings (SSSR count). The summed E-state index contributed by atoms with van der Waals surface area (Å²) in [5.74, 6) is -0.722. The number of carbonyl (C=O) groups is 1. The number of nitrogens with zero attached hydrogens (tertiary/aromatic N) is 3. The van der Waals surface area contributed by atoms with Crippen LogP contribution in [0.2, 0.25) is 0 Å². The second kappa shape index (κ2) is 9.48. The van der Waals surface area contributed by atoms with Gasteiger partial charge in [0.1, 0.15) is 0 Å². The zero-order chi connectivity index (χ0) is 19.1. The van der Waals surface area contributed by atoms with Crippen LogP contribution >= 0.6 is 0 Å². The van der Waals surface area contributed by atoms with Crippen LogP contribution in [0.5, 0.6) is 0 Å². The number of piperazine rings is 1. The van der Waals surface area contributed by atoms with E-state index in [0.717, 1.165) is 51.0 Å². The number of carboxylic acid groups (broad SMARTS) is 1. The number of hydrogen-bond donors (Lipinski definition) is 2. The number of benzene rings is 1. The number of unbranched alkanes of at least 4 members (excludes halogenated alkanes) is 1. The van der Waals surface area contributed by atoms with Gasteiger partial charge >= 0.3 is 5.97 Å². The Hall–Kier alpha value is -2.44. The first-order chi connectivity index (χ1) is 13.1. The SMILES string of the molecule is NC(c1ccc(CCCCC(=O)O)cc1)N1CCN(c2ccncc2)CC1. The van der Waals surface area contributed by atoms with Gasteiger partial charge in [-0.2, -0.15) is 0 Å². The molecular formula is C21H28N4O2. The van der Waals surface area contributed by atoms with Gasteiger partial charge in [0.2, 0.25) is 0 Å². The van der Waals surface area contributed by atoms with Crippen molar-refractivity contribution in [2.45, 2.75) is 31.8 Å². The minimum Gasteiger partial charge on any atom is -0.481 e. The van der Waals surface area contributed by atoms with Gasteiger partial charge in [0.15, 0.2) is 0 Å². The number of nitrogens with two attached hydrogens (primary N) is 1. The van der Waals surface area contributed by atoms with E-state index in [4.69, 9.17) is 10.8 Å². The molecule has 1 saturated heterocycles. The summed E-state index contributed by atoms with van der Waals surface area (Å²) in [5, 5.41) is 8.69. The van der Waals surface area contributed by atoms with Crippen molar-refractivity contribution in [3.63, 3.8) is 0 Å². The number of aliphatic carboxylic acids is 1. The van der Waals surface area contributed by atoms with Crippen LogP contribution in [0, 0.1) is 0 Å². The Morgan fingerprint density at radius 2 is 1.70 bits per heavy atom. The van der Waals surface area contributed by atoms with E-state index in [2.05, 4.69) is 39.0 Å². The molecule has 0 radical (unpaired) electrons. The monoisotopic (exact) mass is 368 g/mol. The van der Waals surface area contributed by atoms with Crippen LogP contribution in [-0.4, -0.2) is 47.1 Å². The van der Waals surface area contributed by atoms with Gasteiger partial charge < -0.3 is 15.7 Å². The molecule has 1 aromatic carbocycles. The third kappa shape index (κ3) is 5.52. The Morgan fingerprint density at radius 1 is 1.04 bits per heavy atom. The lowest BCUT2D eigenvalue weighted by Gasteiger charge is -2.39. The van der Waals surface area contributed by atoms with E-state index in [1.165, 1.54) is 11.3 Å². The first kappa shape index (κ1) is 19.3. The van der Waals surface area contributed by atoms with Gasteiger partial charge in [-0.15, -0.1) is 0 Å². The zero-order valence-corrected chi connectivity index (χ0v) is 15.6. The highest BCUT2D eigenvalue weighted by Gasteiger charge is 2.22. The van der Waals surface area contributed by atoms with Crippen LogP contribution < -0.4 is 10.6 Å². The summed E-state index contributed by atoms with van der Waals surface area (Å²) in [4.78, 5) is 19.3. The number of hydrogen-bond acceptors (Lipinski definition) is 5. The van der Waals surface area contributed by atoms with Crippen LogP contribution in [0.3, 0.4) is 0 Å². The molecule has 0 bridgehead atoms. The molecule has 1 atom stereocenters. The summed E-state index contributed by atoms with van der Waals surface area (Å²) in [6.07, 6.45) is 6.34. The number of carboxylic acids is 1. The van der Waals surface area contributed by atoms with Crippen molar-refractivity contribution in [2.75, 3.05) is 31.1 Å². The van der Waals surface area contributed by atoms with E-state index in [9.17, 15) is 4.79 Å². The largest absolute Gasteiger partial charge is 0.481 e. The molecule has 1 unspecified atom stereocenters. The van der Waals surface area contributed by atoms with Gasteiger partial charge in [-0.25, -0.2) is 0 Å². The van der Waals surface area contributed by atoms with Crippen LogP contribution in [0.25, 0.3) is 0 Å². The maximum Gasteiger partial charge on any atom is 0.303 e. The average molecular weight is 368 g/mol. The Kier molecular flexibility index (Phi) is 6.79. The molecule has 6 nitrogen and oxygen atoms in total. The van der Waals surface area contributed by atoms with Gasteiger partial charge in [-0.3, -0.25) is 14.7 Å². The van der Waals surface area contributed by atoms with Gasteiger partial charge in [-0.05, 0) is 42.5 Å². The van der Waals surface area contributed by atoms with Crippen molar-refractivity contribution in [3.05, 3.63) is 59.9 Å². The Labute approximate surface area is 160 Å². The van der Waals surface area contributed by atoms with Crippen molar-refractivity contribution in [2.24, 2.45) is 5.73 Å². The molecule has 27 heavy (non-hydrogen) atoms. The first-order valence-corrected chi connectivity index (χ1v) is 9.59. The minimum absolute atomic E-state index is 0.0920. The fraction of sp³-hybridized carbons (Fsp3) is 0.429. The summed E-state index contributed by atoms with van der Waals surface area (Å²) in [5.41, 5.74) is 10.1. The standard InChI is InChI=1S/C21H28N4O2/c22-21(18-7-5-17(6-8-18)3-1-2-4-20(26)27)25-15-13-24(14-16-25)19-9-11-23-12-10-19/h5-12,21H,1-4,13-16,22H2,(H,26,27). The summed E-state index contributed by atoms with van der Waals surface area (Å²) in [6.45, 7) is 3.78. The van der Waals surface area contributed by atoms with E-state index in [1.54, 1.807) is 0 Å². The molecule has 0 aliphatic carbocycles. The lowest BCUT2D eigenvalue weighted by Crippen LogP contribution is -2.49. The Morgan fingerprint density at radius 3 is 2.33 bits per heavy atom. The maximum atomic E-state index is 10.6. The minimum atomic E-state index is -0.722. The molecule has 0 spiro atoms. The third-order valence-electron chi connectivity index (χ3n) is 5.16. The van der Waals surface area contributed by atoms with Gasteiger partial charge in [-0.1, -0.05) is 24.3 Å². The molecular weight excluding hydrogens is 340 g/mol. The zero-order valence-electron chi connectivity index (χ0n) is 15.6. The van der Waals surface area contributed by atoms with Crippen molar-refractivity contribution in [1.29, 1.82) is 0 Å². The molecule has 0 saturated carbocycles. The first-order valence-electron chi connectivity index (χ1n) is 9.59. The summed E-state index contributed by atoms with van der Waals surface area (Å²) in [7, 11) is 0. The topological polar surface area (TPSA) is 82.7 Å². The van der Waals surface area contributed by atoms with E-state index in [-0.39, 0.29) is 12.6 Å². The smallest absolute Gasteiger partial charge is 0.303 e. The van der Waals surface area contributed by atoms with E-state index < -0.39 is 5.97 Å². The molecule has 144 valence electrons. The lowest BCUT2D eigenvalue weighted by molar-refractivity contribution is -0.137. The summed E-state index contributed by atoms with van der Waals surface area (Å²) in [6, 6.07) is 12.5. The normalized spacial score (nSPS) is 16.3. The molecule has 1 aliphatic rings. The Balaban J connectivity index is 1.48. The summed E-state index contributed by atoms with van der Waals surface area (Å²) < 4.78 is 0. The highest BCUT2D eigenvalue weighted by atomic mass is 16.4.